The number of furan rings is 1. The normalized spacial score (nSPS) is 17.5. The number of aliphatic imine (C=N–C) groups is 1. The van der Waals surface area contributed by atoms with E-state index in [1.807, 2.05) is 43.3 Å². The van der Waals surface area contributed by atoms with E-state index in [0.717, 1.165) is 5.76 Å². The largest absolute Gasteiger partial charge is 0.506 e. The molecule has 0 atom stereocenters. The molecule has 3 rings (SSSR count). The number of ether oxygens (including phenoxy) is 1. The van der Waals surface area contributed by atoms with E-state index in [2.05, 4.69) is 4.99 Å². The minimum absolute atomic E-state index is 0.0743. The molecule has 25 heavy (non-hydrogen) atoms. The fraction of sp³-hybridized carbons (Fsp3) is 0.158. The van der Waals surface area contributed by atoms with Crippen LogP contribution in [0.3, 0.4) is 0 Å². The van der Waals surface area contributed by atoms with Gasteiger partial charge in [0, 0.05) is 0 Å². The summed E-state index contributed by atoms with van der Waals surface area (Å²) in [5.74, 6) is 0.617. The molecule has 0 radical (unpaired) electrons. The summed E-state index contributed by atoms with van der Waals surface area (Å²) in [6, 6.07) is 12.9. The van der Waals surface area contributed by atoms with Crippen molar-refractivity contribution in [2.75, 3.05) is 6.61 Å². The van der Waals surface area contributed by atoms with Gasteiger partial charge in [0.15, 0.2) is 0 Å². The number of hydrogen-bond acceptors (Lipinski definition) is 6. The van der Waals surface area contributed by atoms with Crippen molar-refractivity contribution in [3.8, 4) is 0 Å². The van der Waals surface area contributed by atoms with E-state index in [-0.39, 0.29) is 17.9 Å². The predicted molar refractivity (Wildman–Crippen MR) is 98.8 cm³/mol. The first kappa shape index (κ1) is 17.1. The van der Waals surface area contributed by atoms with Gasteiger partial charge in [-0.3, -0.25) is 0 Å². The van der Waals surface area contributed by atoms with Crippen LogP contribution in [0.1, 0.15) is 18.4 Å². The van der Waals surface area contributed by atoms with Gasteiger partial charge in [0.1, 0.15) is 27.9 Å². The molecule has 0 amide bonds. The van der Waals surface area contributed by atoms with Crippen LogP contribution in [0.15, 0.2) is 68.1 Å². The molecular weight excluding hydrogens is 338 g/mol. The van der Waals surface area contributed by atoms with Gasteiger partial charge in [-0.1, -0.05) is 30.0 Å². The minimum atomic E-state index is -0.596. The standard InChI is InChI=1S/C19H17NO4S/c1-3-23-19(22)16-17(21)15(11-14-10-9-12(2)24-14)25-18(16)20-13-7-5-4-6-8-13/h4-11,21H,3H2,1-2H3. The zero-order valence-corrected chi connectivity index (χ0v) is 14.7. The summed E-state index contributed by atoms with van der Waals surface area (Å²) >= 11 is 1.21. The highest BCUT2D eigenvalue weighted by atomic mass is 32.2. The average Bonchev–Trinajstić information content (AvgIpc) is 3.13. The Bertz CT molecular complexity index is 878. The Morgan fingerprint density at radius 2 is 2.04 bits per heavy atom. The second kappa shape index (κ2) is 7.44. The molecule has 1 aliphatic rings. The average molecular weight is 355 g/mol. The summed E-state index contributed by atoms with van der Waals surface area (Å²) in [7, 11) is 0. The molecule has 5 nitrogen and oxygen atoms in total. The zero-order chi connectivity index (χ0) is 17.8. The van der Waals surface area contributed by atoms with E-state index in [0.29, 0.717) is 21.4 Å². The van der Waals surface area contributed by atoms with E-state index in [9.17, 15) is 9.90 Å². The number of carbonyl (C=O) groups excluding carboxylic acids is 1. The minimum Gasteiger partial charge on any atom is -0.506 e. The number of hydrogen-bond donors (Lipinski definition) is 1. The summed E-state index contributed by atoms with van der Waals surface area (Å²) in [5.41, 5.74) is 0.764. The van der Waals surface area contributed by atoms with Gasteiger partial charge < -0.3 is 14.3 Å². The maximum absolute atomic E-state index is 12.3. The molecule has 2 aromatic rings. The van der Waals surface area contributed by atoms with Gasteiger partial charge in [-0.05, 0) is 44.2 Å². The number of aliphatic hydroxyl groups excluding tert-OH is 1. The van der Waals surface area contributed by atoms with Crippen molar-refractivity contribution >= 4 is 34.5 Å². The van der Waals surface area contributed by atoms with Gasteiger partial charge >= 0.3 is 5.97 Å². The van der Waals surface area contributed by atoms with Crippen LogP contribution in [0, 0.1) is 6.92 Å². The van der Waals surface area contributed by atoms with Crippen LogP contribution in [0.25, 0.3) is 6.08 Å². The van der Waals surface area contributed by atoms with Crippen molar-refractivity contribution in [1.29, 1.82) is 0 Å². The Kier molecular flexibility index (Phi) is 5.09. The fourth-order valence-corrected chi connectivity index (χ4v) is 3.29. The summed E-state index contributed by atoms with van der Waals surface area (Å²) in [4.78, 5) is 17.2. The molecule has 0 unspecified atom stereocenters. The SMILES string of the molecule is CCOC(=O)C1=C(O)C(=Cc2ccc(C)o2)SC1=Nc1ccccc1. The third kappa shape index (κ3) is 3.85. The predicted octanol–water partition coefficient (Wildman–Crippen LogP) is 4.78. The molecule has 1 aromatic heterocycles. The summed E-state index contributed by atoms with van der Waals surface area (Å²) in [5, 5.41) is 10.9. The number of aryl methyl sites for hydroxylation is 1. The smallest absolute Gasteiger partial charge is 0.344 e. The molecule has 1 aliphatic heterocycles. The Hall–Kier alpha value is -2.73. The molecule has 0 saturated heterocycles. The van der Waals surface area contributed by atoms with Crippen LogP contribution in [0.2, 0.25) is 0 Å². The molecule has 0 spiro atoms. The van der Waals surface area contributed by atoms with Gasteiger partial charge in [0.2, 0.25) is 0 Å². The molecule has 1 N–H and O–H groups in total. The van der Waals surface area contributed by atoms with Gasteiger partial charge in [-0.25, -0.2) is 9.79 Å². The Labute approximate surface area is 149 Å². The number of benzene rings is 1. The van der Waals surface area contributed by atoms with Crippen molar-refractivity contribution in [2.45, 2.75) is 13.8 Å². The number of carbonyl (C=O) groups is 1. The second-order valence-corrected chi connectivity index (χ2v) is 6.29. The first-order valence-electron chi connectivity index (χ1n) is 7.79. The van der Waals surface area contributed by atoms with E-state index in [4.69, 9.17) is 9.15 Å². The maximum Gasteiger partial charge on any atom is 0.344 e. The lowest BCUT2D eigenvalue weighted by atomic mass is 10.2. The zero-order valence-electron chi connectivity index (χ0n) is 13.9. The monoisotopic (exact) mass is 355 g/mol. The molecule has 0 bridgehead atoms. The molecule has 0 saturated carbocycles. The first-order chi connectivity index (χ1) is 12.1. The van der Waals surface area contributed by atoms with Crippen molar-refractivity contribution in [2.24, 2.45) is 4.99 Å². The van der Waals surface area contributed by atoms with Crippen LogP contribution in [0.5, 0.6) is 0 Å². The van der Waals surface area contributed by atoms with Gasteiger partial charge in [-0.2, -0.15) is 0 Å². The van der Waals surface area contributed by atoms with Crippen LogP contribution in [0.4, 0.5) is 5.69 Å². The van der Waals surface area contributed by atoms with Gasteiger partial charge in [0.05, 0.1) is 17.2 Å². The Balaban J connectivity index is 2.02. The molecule has 6 heteroatoms. The molecule has 0 fully saturated rings. The maximum atomic E-state index is 12.3. The number of nitrogens with zero attached hydrogens (tertiary/aromatic N) is 1. The number of thioether (sulfide) groups is 1. The third-order valence-corrected chi connectivity index (χ3v) is 4.41. The number of aliphatic hydroxyl groups is 1. The lowest BCUT2D eigenvalue weighted by molar-refractivity contribution is -0.138. The molecule has 2 heterocycles. The number of para-hydroxylation sites is 1. The molecular formula is C19H17NO4S. The summed E-state index contributed by atoms with van der Waals surface area (Å²) < 4.78 is 10.6. The summed E-state index contributed by atoms with van der Waals surface area (Å²) in [6.07, 6.45) is 1.68. The van der Waals surface area contributed by atoms with E-state index < -0.39 is 5.97 Å². The second-order valence-electron chi connectivity index (χ2n) is 5.26. The Morgan fingerprint density at radius 3 is 2.68 bits per heavy atom. The lowest BCUT2D eigenvalue weighted by Crippen LogP contribution is -2.12. The van der Waals surface area contributed by atoms with Crippen molar-refractivity contribution in [3.63, 3.8) is 0 Å². The van der Waals surface area contributed by atoms with Gasteiger partial charge in [0.25, 0.3) is 0 Å². The van der Waals surface area contributed by atoms with Crippen molar-refractivity contribution in [1.82, 2.24) is 0 Å². The van der Waals surface area contributed by atoms with E-state index in [1.54, 1.807) is 19.1 Å². The topological polar surface area (TPSA) is 72.0 Å². The fourth-order valence-electron chi connectivity index (χ4n) is 2.27. The molecule has 1 aromatic carbocycles. The van der Waals surface area contributed by atoms with E-state index in [1.165, 1.54) is 11.8 Å². The lowest BCUT2D eigenvalue weighted by Gasteiger charge is -2.03. The number of esters is 1. The quantitative estimate of drug-likeness (QED) is 0.799. The highest BCUT2D eigenvalue weighted by molar-refractivity contribution is 8.18. The highest BCUT2D eigenvalue weighted by Crippen LogP contribution is 2.40. The molecule has 0 aliphatic carbocycles. The Morgan fingerprint density at radius 1 is 1.28 bits per heavy atom. The van der Waals surface area contributed by atoms with Crippen LogP contribution >= 0.6 is 11.8 Å². The third-order valence-electron chi connectivity index (χ3n) is 3.39. The van der Waals surface area contributed by atoms with Crippen molar-refractivity contribution in [3.05, 3.63) is 70.2 Å². The van der Waals surface area contributed by atoms with Crippen LogP contribution < -0.4 is 0 Å². The molecule has 128 valence electrons. The van der Waals surface area contributed by atoms with E-state index >= 15 is 0 Å². The van der Waals surface area contributed by atoms with Crippen LogP contribution in [-0.2, 0) is 9.53 Å². The summed E-state index contributed by atoms with van der Waals surface area (Å²) in [6.45, 7) is 3.77. The first-order valence-corrected chi connectivity index (χ1v) is 8.61. The van der Waals surface area contributed by atoms with Gasteiger partial charge in [-0.15, -0.1) is 0 Å². The van der Waals surface area contributed by atoms with Crippen LogP contribution in [-0.4, -0.2) is 22.7 Å². The highest BCUT2D eigenvalue weighted by Gasteiger charge is 2.33. The number of rotatable bonds is 4. The van der Waals surface area contributed by atoms with Crippen molar-refractivity contribution < 1.29 is 19.1 Å².